The van der Waals surface area contributed by atoms with E-state index in [9.17, 15) is 0 Å². The van der Waals surface area contributed by atoms with Crippen LogP contribution in [0.2, 0.25) is 0 Å². The molecule has 0 N–H and O–H groups in total. The minimum atomic E-state index is 0.122. The summed E-state index contributed by atoms with van der Waals surface area (Å²) in [7, 11) is 0.122. The van der Waals surface area contributed by atoms with Gasteiger partial charge in [0, 0.05) is 0 Å². The molecule has 0 saturated heterocycles. The molecule has 3 atom stereocenters. The first-order valence-corrected chi connectivity index (χ1v) is 20.0. The molecule has 0 spiro atoms. The molecule has 0 aliphatic heterocycles. The molecule has 164 valence electrons. The van der Waals surface area contributed by atoms with Crippen molar-refractivity contribution < 1.29 is 20.7 Å². The van der Waals surface area contributed by atoms with Crippen LogP contribution in [0.25, 0.3) is 0 Å². The van der Waals surface area contributed by atoms with E-state index in [4.69, 9.17) is 0 Å². The van der Waals surface area contributed by atoms with E-state index in [1.54, 1.807) is 11.1 Å². The van der Waals surface area contributed by atoms with Crippen molar-refractivity contribution in [1.29, 1.82) is 0 Å². The van der Waals surface area contributed by atoms with Crippen molar-refractivity contribution in [2.45, 2.75) is 101 Å². The standard InChI is InChI=1S/C24H43I2P2/c1-7-10-16-26-28(24(4,5)6)20-22-15-12-14-21(18-22)19-27(17-11-8-2)23(25)13-9-3/h12,14-15,18,23H,7-11,13,16-17,19-20H2,1-6H3/q-1. The van der Waals surface area contributed by atoms with Crippen LogP contribution in [0.5, 0.6) is 0 Å². The Labute approximate surface area is 202 Å². The average Bonchev–Trinajstić information content (AvgIpc) is 2.64. The van der Waals surface area contributed by atoms with Crippen molar-refractivity contribution in [2.75, 3.05) is 10.6 Å². The first-order valence-electron chi connectivity index (χ1n) is 11.1. The monoisotopic (exact) mass is 647 g/mol. The van der Waals surface area contributed by atoms with E-state index in [1.807, 2.05) is 0 Å². The fraction of sp³-hybridized carbons (Fsp3) is 0.750. The van der Waals surface area contributed by atoms with E-state index in [0.29, 0.717) is 25.8 Å². The van der Waals surface area contributed by atoms with Gasteiger partial charge < -0.3 is 0 Å². The maximum absolute atomic E-state index is 2.76. The molecule has 3 unspecified atom stereocenters. The number of rotatable bonds is 14. The number of hydrogen-bond acceptors (Lipinski definition) is 0. The Kier molecular flexibility index (Phi) is 15.1. The molecule has 28 heavy (non-hydrogen) atoms. The number of alkyl halides is 2. The van der Waals surface area contributed by atoms with Gasteiger partial charge in [-0.3, -0.25) is 0 Å². The van der Waals surface area contributed by atoms with Crippen LogP contribution in [0.1, 0.15) is 91.2 Å². The van der Waals surface area contributed by atoms with E-state index in [2.05, 4.69) is 88.4 Å². The molecule has 0 nitrogen and oxygen atoms in total. The molecule has 1 aromatic rings. The molecular formula is C24H43I2P2-. The van der Waals surface area contributed by atoms with E-state index < -0.39 is 0 Å². The fourth-order valence-electron chi connectivity index (χ4n) is 3.08. The molecule has 0 aromatic heterocycles. The van der Waals surface area contributed by atoms with E-state index in [0.717, 1.165) is 3.67 Å². The molecule has 4 heteroatoms. The summed E-state index contributed by atoms with van der Waals surface area (Å²) >= 11 is 3.12. The summed E-state index contributed by atoms with van der Waals surface area (Å²) in [4.78, 5) is 0. The number of benzene rings is 1. The summed E-state index contributed by atoms with van der Waals surface area (Å²) in [6, 6.07) is 9.75. The fourth-order valence-corrected chi connectivity index (χ4v) is 18.0. The predicted octanol–water partition coefficient (Wildman–Crippen LogP) is 6.61. The van der Waals surface area contributed by atoms with Gasteiger partial charge in [0.1, 0.15) is 0 Å². The van der Waals surface area contributed by atoms with Gasteiger partial charge >= 0.3 is 204 Å². The zero-order valence-corrected chi connectivity index (χ0v) is 25.2. The van der Waals surface area contributed by atoms with Crippen molar-refractivity contribution in [3.05, 3.63) is 35.4 Å². The molecule has 0 bridgehead atoms. The van der Waals surface area contributed by atoms with Crippen LogP contribution in [-0.2, 0) is 12.3 Å². The van der Waals surface area contributed by atoms with E-state index in [-0.39, 0.29) is 13.5 Å². The third kappa shape index (κ3) is 11.2. The molecule has 0 aliphatic carbocycles. The van der Waals surface area contributed by atoms with Gasteiger partial charge in [0.25, 0.3) is 0 Å². The molecule has 0 aliphatic rings. The van der Waals surface area contributed by atoms with Crippen LogP contribution < -0.4 is 20.7 Å². The number of hydrogen-bond donors (Lipinski definition) is 0. The van der Waals surface area contributed by atoms with Crippen molar-refractivity contribution in [3.8, 4) is 0 Å². The van der Waals surface area contributed by atoms with Crippen LogP contribution in [0.4, 0.5) is 0 Å². The van der Waals surface area contributed by atoms with Gasteiger partial charge in [-0.25, -0.2) is 0 Å². The Morgan fingerprint density at radius 2 is 1.61 bits per heavy atom. The van der Waals surface area contributed by atoms with Gasteiger partial charge in [-0.2, -0.15) is 0 Å². The normalized spacial score (nSPS) is 15.5. The van der Waals surface area contributed by atoms with Crippen molar-refractivity contribution in [2.24, 2.45) is 0 Å². The van der Waals surface area contributed by atoms with Crippen molar-refractivity contribution in [1.82, 2.24) is 0 Å². The molecule has 1 rings (SSSR count). The molecule has 1 aromatic carbocycles. The Morgan fingerprint density at radius 1 is 0.964 bits per heavy atom. The van der Waals surface area contributed by atoms with Crippen LogP contribution in [0.3, 0.4) is 0 Å². The Bertz CT molecular complexity index is 528. The third-order valence-electron chi connectivity index (χ3n) is 4.86. The van der Waals surface area contributed by atoms with E-state index in [1.165, 1.54) is 61.4 Å². The van der Waals surface area contributed by atoms with Crippen LogP contribution in [0, 0.1) is 0 Å². The first-order chi connectivity index (χ1) is 13.3. The quantitative estimate of drug-likeness (QED) is 0.0923. The van der Waals surface area contributed by atoms with Gasteiger partial charge in [-0.05, 0) is 0 Å². The summed E-state index contributed by atoms with van der Waals surface area (Å²) in [6.45, 7) is 14.5. The molecule has 0 amide bonds. The van der Waals surface area contributed by atoms with E-state index >= 15 is 0 Å². The second kappa shape index (κ2) is 15.4. The van der Waals surface area contributed by atoms with Crippen LogP contribution in [-0.4, -0.2) is 19.4 Å². The maximum atomic E-state index is 2.76. The van der Waals surface area contributed by atoms with Gasteiger partial charge in [-0.1, -0.05) is 0 Å². The number of unbranched alkanes of at least 4 members (excludes halogenated alkanes) is 2. The zero-order valence-electron chi connectivity index (χ0n) is 19.1. The van der Waals surface area contributed by atoms with Crippen LogP contribution >= 0.6 is 36.1 Å². The molecular weight excluding hydrogens is 604 g/mol. The summed E-state index contributed by atoms with van der Waals surface area (Å²) in [5.41, 5.74) is 3.41. The van der Waals surface area contributed by atoms with Gasteiger partial charge in [0.05, 0.1) is 0 Å². The second-order valence-electron chi connectivity index (χ2n) is 8.72. The molecule has 0 saturated carbocycles. The molecule has 0 heterocycles. The summed E-state index contributed by atoms with van der Waals surface area (Å²) < 4.78 is 2.41. The SMILES string of the molecule is CCCC[I-]P(Cc1cccc(CP(CCCC)C(I)CCC)c1)C(C)(C)C. The average molecular weight is 647 g/mol. The summed E-state index contributed by atoms with van der Waals surface area (Å²) in [5, 5.41) is 0.508. The molecule has 0 fully saturated rings. The first kappa shape index (κ1) is 27.6. The van der Waals surface area contributed by atoms with Gasteiger partial charge in [0.2, 0.25) is 0 Å². The topological polar surface area (TPSA) is 0 Å². The zero-order chi connectivity index (χ0) is 21.0. The summed E-state index contributed by atoms with van der Waals surface area (Å²) in [5.74, 6) is 0. The van der Waals surface area contributed by atoms with Crippen LogP contribution in [0.15, 0.2) is 24.3 Å². The van der Waals surface area contributed by atoms with Crippen molar-refractivity contribution >= 4 is 36.1 Å². The predicted molar refractivity (Wildman–Crippen MR) is 140 cm³/mol. The van der Waals surface area contributed by atoms with Crippen molar-refractivity contribution in [3.63, 3.8) is 0 Å². The van der Waals surface area contributed by atoms with Gasteiger partial charge in [-0.15, -0.1) is 0 Å². The summed E-state index contributed by atoms with van der Waals surface area (Å²) in [6.07, 6.45) is 12.4. The Morgan fingerprint density at radius 3 is 2.18 bits per heavy atom. The Hall–Kier alpha value is 1.54. The second-order valence-corrected chi connectivity index (χ2v) is 23.0. The number of halogens is 2. The van der Waals surface area contributed by atoms with Gasteiger partial charge in [0.15, 0.2) is 0 Å². The third-order valence-corrected chi connectivity index (χ3v) is 23.2. The minimum absolute atomic E-state index is 0.122. The molecule has 0 radical (unpaired) electrons. The Balaban J connectivity index is 2.84.